The lowest BCUT2D eigenvalue weighted by atomic mass is 10.0. The smallest absolute Gasteiger partial charge is 0.252 e. The summed E-state index contributed by atoms with van der Waals surface area (Å²) in [7, 11) is 0. The van der Waals surface area contributed by atoms with Gasteiger partial charge in [-0.3, -0.25) is 9.18 Å². The van der Waals surface area contributed by atoms with Crippen LogP contribution in [0.3, 0.4) is 0 Å². The Bertz CT molecular complexity index is 626. The standard InChI is InChI=1S/C17H27FN2OS/c1-11-12(2)22-15(20(11)10-8-7-9-18)19-14(21)13-16(3,4)17(13,5)6/h13H,7-10H2,1-6H3. The van der Waals surface area contributed by atoms with Crippen LogP contribution in [0.5, 0.6) is 0 Å². The molecule has 0 radical (unpaired) electrons. The average Bonchev–Trinajstić information content (AvgIpc) is 2.67. The van der Waals surface area contributed by atoms with Gasteiger partial charge in [0.25, 0.3) is 5.91 Å². The highest BCUT2D eigenvalue weighted by Gasteiger charge is 2.68. The largest absolute Gasteiger partial charge is 0.321 e. The van der Waals surface area contributed by atoms with E-state index in [0.717, 1.165) is 23.5 Å². The van der Waals surface area contributed by atoms with E-state index in [1.54, 1.807) is 11.3 Å². The van der Waals surface area contributed by atoms with Crippen molar-refractivity contribution < 1.29 is 9.18 Å². The lowest BCUT2D eigenvalue weighted by molar-refractivity contribution is -0.120. The van der Waals surface area contributed by atoms with Crippen LogP contribution < -0.4 is 4.80 Å². The van der Waals surface area contributed by atoms with Gasteiger partial charge in [-0.05, 0) is 37.5 Å². The molecule has 1 aliphatic rings. The number of hydrogen-bond donors (Lipinski definition) is 0. The first-order valence-corrected chi connectivity index (χ1v) is 8.77. The first-order chi connectivity index (χ1) is 10.1. The van der Waals surface area contributed by atoms with Crippen molar-refractivity contribution in [3.05, 3.63) is 15.4 Å². The molecule has 1 aliphatic carbocycles. The zero-order valence-corrected chi connectivity index (χ0v) is 15.3. The van der Waals surface area contributed by atoms with Crippen molar-refractivity contribution in [3.63, 3.8) is 0 Å². The van der Waals surface area contributed by atoms with Crippen LogP contribution in [0, 0.1) is 30.6 Å². The van der Waals surface area contributed by atoms with Gasteiger partial charge in [-0.2, -0.15) is 4.99 Å². The molecule has 22 heavy (non-hydrogen) atoms. The highest BCUT2D eigenvalue weighted by Crippen LogP contribution is 2.68. The normalized spacial score (nSPS) is 20.4. The van der Waals surface area contributed by atoms with Crippen molar-refractivity contribution in [3.8, 4) is 0 Å². The van der Waals surface area contributed by atoms with Gasteiger partial charge in [0, 0.05) is 17.1 Å². The molecule has 3 nitrogen and oxygen atoms in total. The molecular weight excluding hydrogens is 299 g/mol. The molecule has 0 bridgehead atoms. The van der Waals surface area contributed by atoms with Gasteiger partial charge >= 0.3 is 0 Å². The Morgan fingerprint density at radius 3 is 2.32 bits per heavy atom. The van der Waals surface area contributed by atoms with Crippen molar-refractivity contribution in [1.82, 2.24) is 4.57 Å². The molecule has 1 aromatic rings. The van der Waals surface area contributed by atoms with Crippen LogP contribution in [0.4, 0.5) is 4.39 Å². The Labute approximate surface area is 136 Å². The van der Waals surface area contributed by atoms with E-state index in [1.807, 2.05) is 13.8 Å². The molecule has 1 fully saturated rings. The van der Waals surface area contributed by atoms with Gasteiger partial charge in [-0.25, -0.2) is 0 Å². The molecular formula is C17H27FN2OS. The zero-order valence-electron chi connectivity index (χ0n) is 14.5. The van der Waals surface area contributed by atoms with Crippen LogP contribution >= 0.6 is 11.3 Å². The summed E-state index contributed by atoms with van der Waals surface area (Å²) in [5.41, 5.74) is 1.15. The Hall–Kier alpha value is -0.970. The second-order valence-electron chi connectivity index (χ2n) is 7.40. The molecule has 5 heteroatoms. The second-order valence-corrected chi connectivity index (χ2v) is 8.58. The van der Waals surface area contributed by atoms with E-state index in [4.69, 9.17) is 0 Å². The second kappa shape index (κ2) is 5.91. The van der Waals surface area contributed by atoms with Crippen molar-refractivity contribution in [2.45, 2.75) is 60.9 Å². The molecule has 124 valence electrons. The predicted octanol–water partition coefficient (Wildman–Crippen LogP) is 4.03. The fraction of sp³-hybridized carbons (Fsp3) is 0.765. The van der Waals surface area contributed by atoms with Crippen LogP contribution in [-0.4, -0.2) is 17.1 Å². The monoisotopic (exact) mass is 326 g/mol. The minimum Gasteiger partial charge on any atom is -0.321 e. The third-order valence-electron chi connectivity index (χ3n) is 5.63. The summed E-state index contributed by atoms with van der Waals surface area (Å²) in [6, 6.07) is 0. The Kier molecular flexibility index (Phi) is 4.67. The number of rotatable bonds is 5. The van der Waals surface area contributed by atoms with Crippen LogP contribution in [0.1, 0.15) is 51.1 Å². The van der Waals surface area contributed by atoms with E-state index in [1.165, 1.54) is 4.88 Å². The topological polar surface area (TPSA) is 34.4 Å². The summed E-state index contributed by atoms with van der Waals surface area (Å²) >= 11 is 1.55. The molecule has 2 rings (SSSR count). The maximum Gasteiger partial charge on any atom is 0.252 e. The van der Waals surface area contributed by atoms with E-state index in [2.05, 4.69) is 37.3 Å². The number of nitrogens with zero attached hydrogens (tertiary/aromatic N) is 2. The summed E-state index contributed by atoms with van der Waals surface area (Å²) < 4.78 is 14.4. The number of unbranched alkanes of at least 4 members (excludes halogenated alkanes) is 1. The third kappa shape index (κ3) is 2.80. The Morgan fingerprint density at radius 2 is 1.82 bits per heavy atom. The third-order valence-corrected chi connectivity index (χ3v) is 6.72. The summed E-state index contributed by atoms with van der Waals surface area (Å²) in [5.74, 6) is -0.0301. The van der Waals surface area contributed by atoms with Gasteiger partial charge in [0.15, 0.2) is 4.80 Å². The Balaban J connectivity index is 2.29. The first-order valence-electron chi connectivity index (χ1n) is 7.96. The fourth-order valence-electron chi connectivity index (χ4n) is 3.28. The van der Waals surface area contributed by atoms with Crippen molar-refractivity contribution >= 4 is 17.2 Å². The summed E-state index contributed by atoms with van der Waals surface area (Å²) in [5, 5.41) is 0. The van der Waals surface area contributed by atoms with Crippen LogP contribution in [0.25, 0.3) is 0 Å². The minimum absolute atomic E-state index is 0.00793. The van der Waals surface area contributed by atoms with Gasteiger partial charge in [-0.1, -0.05) is 27.7 Å². The number of alkyl halides is 1. The molecule has 1 aromatic heterocycles. The number of aryl methyl sites for hydroxylation is 1. The lowest BCUT2D eigenvalue weighted by Crippen LogP contribution is -2.20. The molecule has 0 spiro atoms. The molecule has 0 atom stereocenters. The van der Waals surface area contributed by atoms with E-state index < -0.39 is 0 Å². The van der Waals surface area contributed by atoms with E-state index >= 15 is 0 Å². The molecule has 1 heterocycles. The van der Waals surface area contributed by atoms with Gasteiger partial charge in [0.2, 0.25) is 0 Å². The number of carbonyl (C=O) groups excluding carboxylic acids is 1. The summed E-state index contributed by atoms with van der Waals surface area (Å²) in [6.45, 7) is 13.0. The number of thiazole rings is 1. The number of halogens is 1. The summed E-state index contributed by atoms with van der Waals surface area (Å²) in [6.07, 6.45) is 1.33. The van der Waals surface area contributed by atoms with E-state index in [0.29, 0.717) is 6.42 Å². The molecule has 1 amide bonds. The molecule has 0 N–H and O–H groups in total. The Morgan fingerprint density at radius 1 is 1.23 bits per heavy atom. The first kappa shape index (κ1) is 17.4. The van der Waals surface area contributed by atoms with Crippen LogP contribution in [-0.2, 0) is 11.3 Å². The van der Waals surface area contributed by atoms with E-state index in [9.17, 15) is 9.18 Å². The lowest BCUT2D eigenvalue weighted by Gasteiger charge is -2.05. The average molecular weight is 326 g/mol. The minimum atomic E-state index is -0.293. The molecule has 0 saturated heterocycles. The fourth-order valence-corrected chi connectivity index (χ4v) is 4.29. The van der Waals surface area contributed by atoms with Crippen LogP contribution in [0.2, 0.25) is 0 Å². The maximum absolute atomic E-state index is 12.6. The highest BCUT2D eigenvalue weighted by atomic mass is 32.1. The number of amides is 1. The van der Waals surface area contributed by atoms with Crippen molar-refractivity contribution in [2.24, 2.45) is 21.7 Å². The van der Waals surface area contributed by atoms with Gasteiger partial charge in [-0.15, -0.1) is 11.3 Å². The van der Waals surface area contributed by atoms with Gasteiger partial charge < -0.3 is 4.57 Å². The maximum atomic E-state index is 12.6. The zero-order chi connectivity index (χ0) is 16.7. The van der Waals surface area contributed by atoms with Crippen molar-refractivity contribution in [1.29, 1.82) is 0 Å². The molecule has 0 unspecified atom stereocenters. The SMILES string of the molecule is Cc1sc(=NC(=O)C2C(C)(C)C2(C)C)n(CCCCF)c1C. The number of carbonyl (C=O) groups is 1. The number of aromatic nitrogens is 1. The molecule has 0 aromatic carbocycles. The van der Waals surface area contributed by atoms with Gasteiger partial charge in [0.05, 0.1) is 12.6 Å². The van der Waals surface area contributed by atoms with Crippen LogP contribution in [0.15, 0.2) is 4.99 Å². The quantitative estimate of drug-likeness (QED) is 0.752. The number of hydrogen-bond acceptors (Lipinski definition) is 2. The molecule has 1 saturated carbocycles. The van der Waals surface area contributed by atoms with Gasteiger partial charge in [0.1, 0.15) is 0 Å². The highest BCUT2D eigenvalue weighted by molar-refractivity contribution is 7.09. The summed E-state index contributed by atoms with van der Waals surface area (Å²) in [4.78, 5) is 18.9. The molecule has 0 aliphatic heterocycles. The predicted molar refractivity (Wildman–Crippen MR) is 88.6 cm³/mol. The van der Waals surface area contributed by atoms with E-state index in [-0.39, 0.29) is 29.3 Å². The van der Waals surface area contributed by atoms with Crippen molar-refractivity contribution in [2.75, 3.05) is 6.67 Å².